The molecule has 4 heterocycles. The lowest BCUT2D eigenvalue weighted by Gasteiger charge is -2.04. The van der Waals surface area contributed by atoms with Gasteiger partial charge in [0.1, 0.15) is 5.52 Å². The monoisotopic (exact) mass is 390 g/mol. The van der Waals surface area contributed by atoms with E-state index in [1.165, 1.54) is 16.3 Å². The third-order valence-electron chi connectivity index (χ3n) is 4.48. The van der Waals surface area contributed by atoms with Crippen LogP contribution >= 0.6 is 11.8 Å². The summed E-state index contributed by atoms with van der Waals surface area (Å²) >= 11 is 1.39. The molecule has 138 valence electrons. The Balaban J connectivity index is 1.76. The molecule has 0 fully saturated rings. The average molecular weight is 390 g/mol. The smallest absolute Gasteiger partial charge is 0.266 e. The summed E-state index contributed by atoms with van der Waals surface area (Å²) in [4.78, 5) is 17.2. The minimum atomic E-state index is -0.342. The van der Waals surface area contributed by atoms with Crippen LogP contribution in [0.1, 0.15) is 5.69 Å². The molecule has 0 aliphatic carbocycles. The number of nitrogens with one attached hydrogen (secondary N) is 1. The number of aromatic nitrogens is 8. The molecule has 10 heteroatoms. The number of nitrogens with zero attached hydrogens (tertiary/aromatic N) is 7. The third-order valence-corrected chi connectivity index (χ3v) is 5.03. The van der Waals surface area contributed by atoms with E-state index in [9.17, 15) is 4.79 Å². The second-order valence-electron chi connectivity index (χ2n) is 6.13. The summed E-state index contributed by atoms with van der Waals surface area (Å²) in [6.07, 6.45) is 3.50. The molecule has 0 radical (unpaired) electrons. The molecule has 0 unspecified atom stereocenters. The van der Waals surface area contributed by atoms with Gasteiger partial charge in [0.15, 0.2) is 11.2 Å². The first kappa shape index (κ1) is 16.6. The van der Waals surface area contributed by atoms with Gasteiger partial charge in [-0.25, -0.2) is 9.61 Å². The van der Waals surface area contributed by atoms with Crippen LogP contribution in [0.5, 0.6) is 0 Å². The van der Waals surface area contributed by atoms with Gasteiger partial charge in [0.2, 0.25) is 11.1 Å². The van der Waals surface area contributed by atoms with Crippen molar-refractivity contribution in [3.63, 3.8) is 0 Å². The fourth-order valence-corrected chi connectivity index (χ4v) is 3.51. The third kappa shape index (κ3) is 2.42. The molecule has 5 aromatic rings. The van der Waals surface area contributed by atoms with Crippen LogP contribution in [0.25, 0.3) is 33.8 Å². The number of benzene rings is 1. The van der Waals surface area contributed by atoms with E-state index in [1.54, 1.807) is 16.8 Å². The summed E-state index contributed by atoms with van der Waals surface area (Å²) in [5, 5.41) is 20.5. The largest absolute Gasteiger partial charge is 0.287 e. The minimum Gasteiger partial charge on any atom is -0.266 e. The van der Waals surface area contributed by atoms with E-state index in [0.717, 1.165) is 16.8 Å². The molecule has 28 heavy (non-hydrogen) atoms. The van der Waals surface area contributed by atoms with Gasteiger partial charge in [-0.05, 0) is 24.8 Å². The van der Waals surface area contributed by atoms with Crippen LogP contribution in [0.3, 0.4) is 0 Å². The lowest BCUT2D eigenvalue weighted by atomic mass is 10.1. The fourth-order valence-electron chi connectivity index (χ4n) is 3.20. The molecule has 0 atom stereocenters. The summed E-state index contributed by atoms with van der Waals surface area (Å²) in [5.74, 6) is 0.333. The molecule has 0 aliphatic rings. The molecule has 0 saturated carbocycles. The Bertz CT molecular complexity index is 1390. The molecule has 4 aromatic heterocycles. The topological polar surface area (TPSA) is 107 Å². The zero-order valence-corrected chi connectivity index (χ0v) is 15.8. The first-order chi connectivity index (χ1) is 13.7. The first-order valence-corrected chi connectivity index (χ1v) is 9.69. The van der Waals surface area contributed by atoms with Crippen molar-refractivity contribution in [2.45, 2.75) is 12.1 Å². The van der Waals surface area contributed by atoms with Crippen molar-refractivity contribution in [3.8, 4) is 17.1 Å². The van der Waals surface area contributed by atoms with Gasteiger partial charge in [-0.1, -0.05) is 42.1 Å². The van der Waals surface area contributed by atoms with Gasteiger partial charge in [-0.2, -0.15) is 10.1 Å². The molecular weight excluding hydrogens is 376 g/mol. The molecule has 0 amide bonds. The Morgan fingerprint density at radius 1 is 1.11 bits per heavy atom. The van der Waals surface area contributed by atoms with E-state index in [-0.39, 0.29) is 11.1 Å². The second-order valence-corrected chi connectivity index (χ2v) is 6.91. The van der Waals surface area contributed by atoms with E-state index in [4.69, 9.17) is 0 Å². The van der Waals surface area contributed by atoms with E-state index < -0.39 is 0 Å². The van der Waals surface area contributed by atoms with Crippen molar-refractivity contribution < 1.29 is 0 Å². The highest BCUT2D eigenvalue weighted by Crippen LogP contribution is 2.27. The predicted octanol–water partition coefficient (Wildman–Crippen LogP) is 2.24. The molecule has 9 nitrogen and oxygen atoms in total. The van der Waals surface area contributed by atoms with Gasteiger partial charge in [0.25, 0.3) is 5.56 Å². The zero-order valence-electron chi connectivity index (χ0n) is 15.0. The Morgan fingerprint density at radius 3 is 2.68 bits per heavy atom. The van der Waals surface area contributed by atoms with Gasteiger partial charge in [-0.3, -0.25) is 9.36 Å². The number of pyridine rings is 1. The molecule has 0 saturated heterocycles. The second kappa shape index (κ2) is 6.27. The highest BCUT2D eigenvalue weighted by atomic mass is 32.2. The van der Waals surface area contributed by atoms with Crippen molar-refractivity contribution in [2.75, 3.05) is 6.26 Å². The number of hydrogen-bond acceptors (Lipinski definition) is 7. The van der Waals surface area contributed by atoms with Crippen molar-refractivity contribution >= 4 is 28.4 Å². The molecule has 1 aromatic carbocycles. The van der Waals surface area contributed by atoms with Gasteiger partial charge in [0, 0.05) is 6.20 Å². The summed E-state index contributed by atoms with van der Waals surface area (Å²) < 4.78 is 3.03. The molecule has 5 rings (SSSR count). The predicted molar refractivity (Wildman–Crippen MR) is 106 cm³/mol. The average Bonchev–Trinajstić information content (AvgIpc) is 3.32. The maximum absolute atomic E-state index is 13.0. The molecular formula is C18H14N8OS. The van der Waals surface area contributed by atoms with Gasteiger partial charge in [0.05, 0.1) is 11.3 Å². The Labute approximate surface area is 162 Å². The lowest BCUT2D eigenvalue weighted by Crippen LogP contribution is -2.21. The van der Waals surface area contributed by atoms with Gasteiger partial charge < -0.3 is 0 Å². The van der Waals surface area contributed by atoms with Crippen LogP contribution in [0, 0.1) is 6.92 Å². The van der Waals surface area contributed by atoms with Crippen molar-refractivity contribution in [2.24, 2.45) is 0 Å². The highest BCUT2D eigenvalue weighted by molar-refractivity contribution is 7.98. The number of aryl methyl sites for hydroxylation is 1. The summed E-state index contributed by atoms with van der Waals surface area (Å²) in [6.45, 7) is 1.92. The zero-order chi connectivity index (χ0) is 19.3. The van der Waals surface area contributed by atoms with Crippen LogP contribution in [0.2, 0.25) is 0 Å². The summed E-state index contributed by atoms with van der Waals surface area (Å²) in [7, 11) is 0. The van der Waals surface area contributed by atoms with Crippen molar-refractivity contribution in [3.05, 3.63) is 58.6 Å². The highest BCUT2D eigenvalue weighted by Gasteiger charge is 2.18. The number of fused-ring (bicyclic) bond motifs is 3. The number of thioether (sulfide) groups is 1. The number of rotatable bonds is 3. The maximum Gasteiger partial charge on any atom is 0.287 e. The minimum absolute atomic E-state index is 0.208. The van der Waals surface area contributed by atoms with E-state index >= 15 is 0 Å². The van der Waals surface area contributed by atoms with Crippen LogP contribution in [0.4, 0.5) is 0 Å². The van der Waals surface area contributed by atoms with Gasteiger partial charge in [-0.15, -0.1) is 15.3 Å². The standard InChI is InChI=1S/C18H14N8OS/c1-10-13(11-6-4-3-5-7-11)15-21-20-14-12(26(15)24-10)8-9-25(16(14)27)17-19-18(28-2)23-22-17/h3-9H,1-2H3,(H,19,22,23). The summed E-state index contributed by atoms with van der Waals surface area (Å²) in [5.41, 5.74) is 3.78. The molecule has 0 aliphatic heterocycles. The van der Waals surface area contributed by atoms with Crippen LogP contribution in [-0.4, -0.2) is 45.8 Å². The molecule has 1 N–H and O–H groups in total. The quantitative estimate of drug-likeness (QED) is 0.471. The lowest BCUT2D eigenvalue weighted by molar-refractivity contribution is 0.874. The molecule has 0 spiro atoms. The van der Waals surface area contributed by atoms with Crippen LogP contribution in [0.15, 0.2) is 52.5 Å². The van der Waals surface area contributed by atoms with Crippen molar-refractivity contribution in [1.29, 1.82) is 0 Å². The number of H-pyrrole nitrogens is 1. The number of aromatic amines is 1. The molecule has 0 bridgehead atoms. The van der Waals surface area contributed by atoms with Crippen molar-refractivity contribution in [1.82, 2.24) is 39.6 Å². The SMILES string of the molecule is CSc1n[nH]c(-n2ccc3c(nnc4c(-c5ccccc5)c(C)nn43)c2=O)n1. The first-order valence-electron chi connectivity index (χ1n) is 8.47. The van der Waals surface area contributed by atoms with E-state index in [0.29, 0.717) is 22.3 Å². The Hall–Kier alpha value is -3.53. The van der Waals surface area contributed by atoms with E-state index in [2.05, 4.69) is 30.5 Å². The maximum atomic E-state index is 13.0. The number of hydrogen-bond donors (Lipinski definition) is 1. The summed E-state index contributed by atoms with van der Waals surface area (Å²) in [6, 6.07) is 11.7. The van der Waals surface area contributed by atoms with Crippen LogP contribution < -0.4 is 5.56 Å². The Morgan fingerprint density at radius 2 is 1.93 bits per heavy atom. The Kier molecular flexibility index (Phi) is 3.72. The van der Waals surface area contributed by atoms with Gasteiger partial charge >= 0.3 is 0 Å². The fraction of sp³-hybridized carbons (Fsp3) is 0.111. The normalized spacial score (nSPS) is 11.5. The van der Waals surface area contributed by atoms with E-state index in [1.807, 2.05) is 43.5 Å². The van der Waals surface area contributed by atoms with Crippen LogP contribution in [-0.2, 0) is 0 Å².